The van der Waals surface area contributed by atoms with Crippen molar-refractivity contribution in [3.05, 3.63) is 0 Å². The molecule has 1 rings (SSSR count). The quantitative estimate of drug-likeness (QED) is 0.619. The third-order valence-corrected chi connectivity index (χ3v) is 2.38. The van der Waals surface area contributed by atoms with Gasteiger partial charge in [0, 0.05) is 12.6 Å². The molecule has 11 heavy (non-hydrogen) atoms. The van der Waals surface area contributed by atoms with Crippen LogP contribution in [0.4, 0.5) is 0 Å². The molecule has 1 aliphatic carbocycles. The Bertz CT molecular complexity index is 106. The van der Waals surface area contributed by atoms with E-state index in [1.54, 1.807) is 0 Å². The molecule has 2 N–H and O–H groups in total. The molecule has 1 saturated carbocycles. The summed E-state index contributed by atoms with van der Waals surface area (Å²) in [7, 11) is 0. The van der Waals surface area contributed by atoms with Crippen LogP contribution in [0.1, 0.15) is 39.0 Å². The van der Waals surface area contributed by atoms with Crippen LogP contribution in [0.3, 0.4) is 0 Å². The molecule has 0 spiro atoms. The van der Waals surface area contributed by atoms with E-state index in [9.17, 15) is 0 Å². The molecule has 0 aromatic rings. The molecule has 1 fully saturated rings. The zero-order valence-corrected chi connectivity index (χ0v) is 7.38. The molecule has 0 amide bonds. The van der Waals surface area contributed by atoms with Crippen molar-refractivity contribution in [3.63, 3.8) is 0 Å². The van der Waals surface area contributed by atoms with Crippen molar-refractivity contribution < 1.29 is 4.74 Å². The lowest BCUT2D eigenvalue weighted by Gasteiger charge is -2.20. The van der Waals surface area contributed by atoms with E-state index in [0.29, 0.717) is 6.10 Å². The Kier molecular flexibility index (Phi) is 3.87. The van der Waals surface area contributed by atoms with Crippen LogP contribution < -0.4 is 5.73 Å². The second-order valence-corrected chi connectivity index (χ2v) is 3.30. The average molecular weight is 157 g/mol. The molecule has 0 aromatic carbocycles. The predicted octanol–water partition coefficient (Wildman–Crippen LogP) is 1.68. The summed E-state index contributed by atoms with van der Waals surface area (Å²) in [6.45, 7) is 2.84. The minimum atomic E-state index is 0.289. The summed E-state index contributed by atoms with van der Waals surface area (Å²) in [6, 6.07) is 0.289. The van der Waals surface area contributed by atoms with Crippen LogP contribution in [0.15, 0.2) is 0 Å². The standard InChI is InChI=1S/C9H19NO/c1-2-11-9-7-5-3-4-6-8(9)10/h8-9H,2-7,10H2,1H3/t8-,9+/m1/s1. The van der Waals surface area contributed by atoms with Crippen molar-refractivity contribution in [2.75, 3.05) is 6.61 Å². The van der Waals surface area contributed by atoms with E-state index in [-0.39, 0.29) is 6.04 Å². The molecule has 66 valence electrons. The van der Waals surface area contributed by atoms with Gasteiger partial charge in [0.1, 0.15) is 0 Å². The Morgan fingerprint density at radius 1 is 1.27 bits per heavy atom. The number of hydrogen-bond donors (Lipinski definition) is 1. The van der Waals surface area contributed by atoms with E-state index in [0.717, 1.165) is 19.4 Å². The molecule has 2 heteroatoms. The van der Waals surface area contributed by atoms with Crippen LogP contribution in [0.5, 0.6) is 0 Å². The highest BCUT2D eigenvalue weighted by Crippen LogP contribution is 2.18. The highest BCUT2D eigenvalue weighted by Gasteiger charge is 2.19. The summed E-state index contributed by atoms with van der Waals surface area (Å²) in [5.41, 5.74) is 5.94. The van der Waals surface area contributed by atoms with Gasteiger partial charge in [-0.1, -0.05) is 19.3 Å². The van der Waals surface area contributed by atoms with Gasteiger partial charge in [-0.15, -0.1) is 0 Å². The minimum Gasteiger partial charge on any atom is -0.377 e. The molecule has 0 saturated heterocycles. The molecule has 0 radical (unpaired) electrons. The van der Waals surface area contributed by atoms with Gasteiger partial charge >= 0.3 is 0 Å². The van der Waals surface area contributed by atoms with E-state index in [2.05, 4.69) is 0 Å². The first-order valence-corrected chi connectivity index (χ1v) is 4.71. The monoisotopic (exact) mass is 157 g/mol. The molecule has 0 aliphatic heterocycles. The molecule has 0 aromatic heterocycles. The fourth-order valence-corrected chi connectivity index (χ4v) is 1.72. The summed E-state index contributed by atoms with van der Waals surface area (Å²) in [6.07, 6.45) is 6.54. The zero-order valence-electron chi connectivity index (χ0n) is 7.38. The SMILES string of the molecule is CCO[C@H]1CCCCC[C@H]1N. The summed E-state index contributed by atoms with van der Waals surface area (Å²) < 4.78 is 5.55. The Morgan fingerprint density at radius 2 is 2.00 bits per heavy atom. The van der Waals surface area contributed by atoms with Gasteiger partial charge in [-0.25, -0.2) is 0 Å². The van der Waals surface area contributed by atoms with E-state index in [1.165, 1.54) is 19.3 Å². The Labute approximate surface area is 69.1 Å². The summed E-state index contributed by atoms with van der Waals surface area (Å²) in [5.74, 6) is 0. The van der Waals surface area contributed by atoms with Gasteiger partial charge in [0.15, 0.2) is 0 Å². The lowest BCUT2D eigenvalue weighted by Crippen LogP contribution is -2.35. The molecular weight excluding hydrogens is 138 g/mol. The van der Waals surface area contributed by atoms with E-state index < -0.39 is 0 Å². The maximum absolute atomic E-state index is 5.94. The van der Waals surface area contributed by atoms with Gasteiger partial charge in [0.25, 0.3) is 0 Å². The zero-order chi connectivity index (χ0) is 8.10. The van der Waals surface area contributed by atoms with Crippen molar-refractivity contribution in [2.45, 2.75) is 51.2 Å². The number of rotatable bonds is 2. The van der Waals surface area contributed by atoms with Gasteiger partial charge in [0.2, 0.25) is 0 Å². The first-order chi connectivity index (χ1) is 5.34. The highest BCUT2D eigenvalue weighted by molar-refractivity contribution is 4.76. The van der Waals surface area contributed by atoms with E-state index in [4.69, 9.17) is 10.5 Å². The maximum atomic E-state index is 5.94. The largest absolute Gasteiger partial charge is 0.377 e. The topological polar surface area (TPSA) is 35.2 Å². The fourth-order valence-electron chi connectivity index (χ4n) is 1.72. The lowest BCUT2D eigenvalue weighted by atomic mass is 10.1. The molecule has 0 bridgehead atoms. The number of hydrogen-bond acceptors (Lipinski definition) is 2. The first-order valence-electron chi connectivity index (χ1n) is 4.71. The van der Waals surface area contributed by atoms with Gasteiger partial charge in [-0.05, 0) is 19.8 Å². The van der Waals surface area contributed by atoms with Gasteiger partial charge in [-0.2, -0.15) is 0 Å². The van der Waals surface area contributed by atoms with Crippen molar-refractivity contribution >= 4 is 0 Å². The maximum Gasteiger partial charge on any atom is 0.0725 e. The number of nitrogens with two attached hydrogens (primary N) is 1. The molecule has 1 aliphatic rings. The fraction of sp³-hybridized carbons (Fsp3) is 1.00. The Balaban J connectivity index is 2.32. The first kappa shape index (κ1) is 9.01. The molecular formula is C9H19NO. The normalized spacial score (nSPS) is 33.3. The second kappa shape index (κ2) is 4.73. The number of ether oxygens (including phenoxy) is 1. The van der Waals surface area contributed by atoms with Crippen LogP contribution in [0.25, 0.3) is 0 Å². The molecule has 0 unspecified atom stereocenters. The molecule has 0 heterocycles. The smallest absolute Gasteiger partial charge is 0.0725 e. The van der Waals surface area contributed by atoms with Crippen molar-refractivity contribution in [3.8, 4) is 0 Å². The van der Waals surface area contributed by atoms with Gasteiger partial charge < -0.3 is 10.5 Å². The van der Waals surface area contributed by atoms with Crippen molar-refractivity contribution in [1.29, 1.82) is 0 Å². The highest BCUT2D eigenvalue weighted by atomic mass is 16.5. The molecule has 2 nitrogen and oxygen atoms in total. The third kappa shape index (κ3) is 2.80. The third-order valence-electron chi connectivity index (χ3n) is 2.38. The van der Waals surface area contributed by atoms with Crippen molar-refractivity contribution in [1.82, 2.24) is 0 Å². The van der Waals surface area contributed by atoms with Crippen LogP contribution in [0, 0.1) is 0 Å². The second-order valence-electron chi connectivity index (χ2n) is 3.30. The van der Waals surface area contributed by atoms with Gasteiger partial charge in [-0.3, -0.25) is 0 Å². The van der Waals surface area contributed by atoms with E-state index in [1.807, 2.05) is 6.92 Å². The lowest BCUT2D eigenvalue weighted by molar-refractivity contribution is 0.0399. The predicted molar refractivity (Wildman–Crippen MR) is 46.5 cm³/mol. The minimum absolute atomic E-state index is 0.289. The summed E-state index contributed by atoms with van der Waals surface area (Å²) >= 11 is 0. The van der Waals surface area contributed by atoms with Crippen LogP contribution in [-0.4, -0.2) is 18.8 Å². The van der Waals surface area contributed by atoms with Crippen LogP contribution in [0.2, 0.25) is 0 Å². The Hall–Kier alpha value is -0.0800. The van der Waals surface area contributed by atoms with Crippen LogP contribution >= 0.6 is 0 Å². The van der Waals surface area contributed by atoms with Crippen molar-refractivity contribution in [2.24, 2.45) is 5.73 Å². The molecule has 2 atom stereocenters. The van der Waals surface area contributed by atoms with E-state index >= 15 is 0 Å². The summed E-state index contributed by atoms with van der Waals surface area (Å²) in [5, 5.41) is 0. The Morgan fingerprint density at radius 3 is 2.73 bits per heavy atom. The van der Waals surface area contributed by atoms with Crippen LogP contribution in [-0.2, 0) is 4.74 Å². The summed E-state index contributed by atoms with van der Waals surface area (Å²) in [4.78, 5) is 0. The average Bonchev–Trinajstić information content (AvgIpc) is 2.18. The van der Waals surface area contributed by atoms with Gasteiger partial charge in [0.05, 0.1) is 6.10 Å².